The van der Waals surface area contributed by atoms with E-state index in [-0.39, 0.29) is 11.4 Å². The number of hydrogen-bond acceptors (Lipinski definition) is 5. The lowest BCUT2D eigenvalue weighted by molar-refractivity contribution is -0.123. The molecule has 36 heavy (non-hydrogen) atoms. The lowest BCUT2D eigenvalue weighted by atomic mass is 10.0. The van der Waals surface area contributed by atoms with Crippen molar-refractivity contribution >= 4 is 46.8 Å². The van der Waals surface area contributed by atoms with Gasteiger partial charge in [0, 0.05) is 28.8 Å². The van der Waals surface area contributed by atoms with Crippen LogP contribution >= 0.6 is 23.2 Å². The molecule has 0 radical (unpaired) electrons. The van der Waals surface area contributed by atoms with E-state index in [1.165, 1.54) is 29.2 Å². The fourth-order valence-electron chi connectivity index (χ4n) is 3.39. The Kier molecular flexibility index (Phi) is 8.04. The number of rotatable bonds is 8. The Morgan fingerprint density at radius 2 is 1.86 bits per heavy atom. The van der Waals surface area contributed by atoms with Gasteiger partial charge in [0.05, 0.1) is 10.7 Å². The van der Waals surface area contributed by atoms with Crippen molar-refractivity contribution < 1.29 is 14.0 Å². The maximum atomic E-state index is 13.5. The summed E-state index contributed by atoms with van der Waals surface area (Å²) in [5, 5.41) is 16.8. The normalized spacial score (nSPS) is 11.9. The summed E-state index contributed by atoms with van der Waals surface area (Å²) in [6.45, 7) is 0. The molecule has 11 heteroatoms. The number of halogens is 3. The summed E-state index contributed by atoms with van der Waals surface area (Å²) in [6, 6.07) is 17.2. The Labute approximate surface area is 215 Å². The number of hydrogen-bond donors (Lipinski definition) is 2. The van der Waals surface area contributed by atoms with Crippen LogP contribution in [-0.2, 0) is 16.0 Å². The Morgan fingerprint density at radius 1 is 1.06 bits per heavy atom. The fraction of sp³-hybridized carbons (Fsp3) is 0.0800. The molecule has 0 aliphatic heterocycles. The average Bonchev–Trinajstić information content (AvgIpc) is 3.40. The Morgan fingerprint density at radius 3 is 2.58 bits per heavy atom. The molecule has 1 atom stereocenters. The first-order valence-electron chi connectivity index (χ1n) is 10.7. The molecule has 4 aromatic rings. The number of aromatic nitrogens is 4. The van der Waals surface area contributed by atoms with E-state index in [1.807, 2.05) is 30.3 Å². The molecule has 0 fully saturated rings. The summed E-state index contributed by atoms with van der Waals surface area (Å²) in [7, 11) is 0. The van der Waals surface area contributed by atoms with E-state index < -0.39 is 23.7 Å². The highest BCUT2D eigenvalue weighted by Crippen LogP contribution is 2.21. The molecule has 1 aromatic heterocycles. The number of nitrogens with zero attached hydrogens (tertiary/aromatic N) is 4. The van der Waals surface area contributed by atoms with Gasteiger partial charge in [-0.1, -0.05) is 53.5 Å². The number of amides is 2. The van der Waals surface area contributed by atoms with E-state index in [0.717, 1.165) is 11.6 Å². The lowest BCUT2D eigenvalue weighted by Gasteiger charge is -2.18. The molecule has 4 rings (SSSR count). The largest absolute Gasteiger partial charge is 0.340 e. The minimum Gasteiger partial charge on any atom is -0.340 e. The van der Waals surface area contributed by atoms with Crippen LogP contribution in [0.15, 0.2) is 79.1 Å². The Hall–Kier alpha value is -4.08. The van der Waals surface area contributed by atoms with Gasteiger partial charge in [0.1, 0.15) is 18.2 Å². The highest BCUT2D eigenvalue weighted by atomic mass is 35.5. The molecule has 8 nitrogen and oxygen atoms in total. The zero-order chi connectivity index (χ0) is 25.5. The van der Waals surface area contributed by atoms with Gasteiger partial charge in [0.15, 0.2) is 0 Å². The summed E-state index contributed by atoms with van der Waals surface area (Å²) in [5.41, 5.74) is 2.35. The summed E-state index contributed by atoms with van der Waals surface area (Å²) in [6.07, 6.45) is 4.49. The third-order valence-corrected chi connectivity index (χ3v) is 5.63. The summed E-state index contributed by atoms with van der Waals surface area (Å²) in [5.74, 6) is -1.60. The monoisotopic (exact) mass is 524 g/mol. The van der Waals surface area contributed by atoms with E-state index in [2.05, 4.69) is 26.2 Å². The second kappa shape index (κ2) is 11.6. The topological polar surface area (TPSA) is 102 Å². The average molecular weight is 525 g/mol. The fourth-order valence-corrected chi connectivity index (χ4v) is 3.75. The van der Waals surface area contributed by atoms with Crippen molar-refractivity contribution in [1.29, 1.82) is 0 Å². The SMILES string of the molecule is O=C(/C=C/c1cc(Cl)ccc1-n1cnnn1)NC(Cc1ccccc1)C(=O)Nc1ccc(F)c(Cl)c1. The zero-order valence-electron chi connectivity index (χ0n) is 18.6. The summed E-state index contributed by atoms with van der Waals surface area (Å²) < 4.78 is 14.9. The van der Waals surface area contributed by atoms with Gasteiger partial charge in [0.25, 0.3) is 0 Å². The van der Waals surface area contributed by atoms with Gasteiger partial charge < -0.3 is 10.6 Å². The molecule has 2 N–H and O–H groups in total. The number of benzene rings is 3. The van der Waals surface area contributed by atoms with Crippen LogP contribution in [0.4, 0.5) is 10.1 Å². The van der Waals surface area contributed by atoms with E-state index in [9.17, 15) is 14.0 Å². The minimum absolute atomic E-state index is 0.126. The second-order valence-electron chi connectivity index (χ2n) is 7.66. The van der Waals surface area contributed by atoms with Crippen molar-refractivity contribution in [2.24, 2.45) is 0 Å². The molecule has 1 unspecified atom stereocenters. The molecule has 0 saturated carbocycles. The maximum Gasteiger partial charge on any atom is 0.247 e. The van der Waals surface area contributed by atoms with Gasteiger partial charge in [-0.15, -0.1) is 5.10 Å². The third-order valence-electron chi connectivity index (χ3n) is 5.10. The van der Waals surface area contributed by atoms with Crippen molar-refractivity contribution in [1.82, 2.24) is 25.5 Å². The molecule has 0 aliphatic carbocycles. The van der Waals surface area contributed by atoms with Crippen LogP contribution in [0.3, 0.4) is 0 Å². The van der Waals surface area contributed by atoms with Crippen molar-refractivity contribution in [3.63, 3.8) is 0 Å². The summed E-state index contributed by atoms with van der Waals surface area (Å²) >= 11 is 11.9. The van der Waals surface area contributed by atoms with Gasteiger partial charge in [-0.2, -0.15) is 4.68 Å². The van der Waals surface area contributed by atoms with Crippen molar-refractivity contribution in [3.05, 3.63) is 106 Å². The van der Waals surface area contributed by atoms with Crippen LogP contribution in [0.5, 0.6) is 0 Å². The van der Waals surface area contributed by atoms with E-state index in [4.69, 9.17) is 23.2 Å². The van der Waals surface area contributed by atoms with Gasteiger partial charge >= 0.3 is 0 Å². The zero-order valence-corrected chi connectivity index (χ0v) is 20.1. The predicted octanol–water partition coefficient (Wildman–Crippen LogP) is 4.49. The number of anilines is 1. The van der Waals surface area contributed by atoms with Crippen LogP contribution in [0.25, 0.3) is 11.8 Å². The van der Waals surface area contributed by atoms with Crippen molar-refractivity contribution in [3.8, 4) is 5.69 Å². The van der Waals surface area contributed by atoms with Crippen LogP contribution in [-0.4, -0.2) is 38.1 Å². The van der Waals surface area contributed by atoms with Crippen LogP contribution in [0.2, 0.25) is 10.0 Å². The number of nitrogens with one attached hydrogen (secondary N) is 2. The second-order valence-corrected chi connectivity index (χ2v) is 8.50. The molecule has 0 aliphatic rings. The van der Waals surface area contributed by atoms with Crippen LogP contribution in [0, 0.1) is 5.82 Å². The first kappa shape index (κ1) is 25.0. The van der Waals surface area contributed by atoms with E-state index >= 15 is 0 Å². The summed E-state index contributed by atoms with van der Waals surface area (Å²) in [4.78, 5) is 25.9. The smallest absolute Gasteiger partial charge is 0.247 e. The van der Waals surface area contributed by atoms with Gasteiger partial charge in [-0.3, -0.25) is 9.59 Å². The Balaban J connectivity index is 1.53. The van der Waals surface area contributed by atoms with Gasteiger partial charge in [-0.05, 0) is 58.5 Å². The minimum atomic E-state index is -0.924. The molecule has 1 heterocycles. The molecular weight excluding hydrogens is 506 g/mol. The van der Waals surface area contributed by atoms with Gasteiger partial charge in [-0.25, -0.2) is 4.39 Å². The molecule has 182 valence electrons. The first-order chi connectivity index (χ1) is 17.4. The van der Waals surface area contributed by atoms with Crippen molar-refractivity contribution in [2.75, 3.05) is 5.32 Å². The van der Waals surface area contributed by atoms with E-state index in [0.29, 0.717) is 22.0 Å². The Bertz CT molecular complexity index is 1400. The molecule has 0 spiro atoms. The quantitative estimate of drug-likeness (QED) is 0.330. The molecule has 3 aromatic carbocycles. The maximum absolute atomic E-state index is 13.5. The lowest BCUT2D eigenvalue weighted by Crippen LogP contribution is -2.44. The first-order valence-corrected chi connectivity index (χ1v) is 11.5. The van der Waals surface area contributed by atoms with Crippen LogP contribution in [0.1, 0.15) is 11.1 Å². The third kappa shape index (κ3) is 6.53. The van der Waals surface area contributed by atoms with E-state index in [1.54, 1.807) is 24.3 Å². The number of tetrazole rings is 1. The van der Waals surface area contributed by atoms with Crippen molar-refractivity contribution in [2.45, 2.75) is 12.5 Å². The van der Waals surface area contributed by atoms with Crippen LogP contribution < -0.4 is 10.6 Å². The highest BCUT2D eigenvalue weighted by molar-refractivity contribution is 6.31. The van der Waals surface area contributed by atoms with Gasteiger partial charge in [0.2, 0.25) is 11.8 Å². The molecular formula is C25H19Cl2FN6O2. The molecule has 0 saturated heterocycles. The predicted molar refractivity (Wildman–Crippen MR) is 135 cm³/mol. The number of carbonyl (C=O) groups excluding carboxylic acids is 2. The number of carbonyl (C=O) groups is 2. The molecule has 0 bridgehead atoms. The standard InChI is InChI=1S/C25H19Cl2FN6O2/c26-18-7-10-23(34-15-29-32-33-34)17(13-18)6-11-24(35)31-22(12-16-4-2-1-3-5-16)25(36)30-19-8-9-21(28)20(27)14-19/h1-11,13-15,22H,12H2,(H,30,36)(H,31,35)/b11-6+. The highest BCUT2D eigenvalue weighted by Gasteiger charge is 2.21. The molecule has 2 amide bonds.